The summed E-state index contributed by atoms with van der Waals surface area (Å²) in [5.41, 5.74) is -1.88. The number of hydrogen-bond acceptors (Lipinski definition) is 4. The number of fused-ring (bicyclic) bond motifs is 1. The van der Waals surface area contributed by atoms with E-state index in [4.69, 9.17) is 4.74 Å². The number of H-pyrrole nitrogens is 1. The Morgan fingerprint density at radius 2 is 1.57 bits per heavy atom. The van der Waals surface area contributed by atoms with Crippen LogP contribution < -0.4 is 0 Å². The molecular formula is C32H34F6N4O2. The van der Waals surface area contributed by atoms with Gasteiger partial charge >= 0.3 is 12.4 Å². The van der Waals surface area contributed by atoms with Gasteiger partial charge in [-0.3, -0.25) is 14.6 Å². The molecule has 2 aliphatic rings. The number of aromatic amines is 1. The van der Waals surface area contributed by atoms with E-state index in [0.29, 0.717) is 57.9 Å². The van der Waals surface area contributed by atoms with E-state index in [0.717, 1.165) is 16.5 Å². The fourth-order valence-electron chi connectivity index (χ4n) is 5.97. The van der Waals surface area contributed by atoms with Crippen LogP contribution in [0.15, 0.2) is 48.7 Å². The van der Waals surface area contributed by atoms with Crippen LogP contribution in [0, 0.1) is 11.8 Å². The zero-order valence-corrected chi connectivity index (χ0v) is 24.4. The first-order valence-corrected chi connectivity index (χ1v) is 14.5. The molecule has 0 saturated carbocycles. The second-order valence-corrected chi connectivity index (χ2v) is 11.5. The third-order valence-corrected chi connectivity index (χ3v) is 8.33. The van der Waals surface area contributed by atoms with Crippen molar-refractivity contribution in [3.05, 3.63) is 70.9 Å². The number of carbonyl (C=O) groups excluding carboxylic acids is 1. The molecule has 6 nitrogen and oxygen atoms in total. The van der Waals surface area contributed by atoms with Crippen LogP contribution in [0.2, 0.25) is 0 Å². The third kappa shape index (κ3) is 7.22. The number of hydrogen-bond donors (Lipinski definition) is 1. The zero-order valence-electron chi connectivity index (χ0n) is 24.4. The van der Waals surface area contributed by atoms with E-state index in [1.54, 1.807) is 0 Å². The highest BCUT2D eigenvalue weighted by molar-refractivity contribution is 5.95. The molecular weight excluding hydrogens is 586 g/mol. The number of alkyl halides is 6. The number of carbonyl (C=O) groups is 1. The molecule has 1 N–H and O–H groups in total. The van der Waals surface area contributed by atoms with Crippen molar-refractivity contribution in [2.45, 2.75) is 50.7 Å². The van der Waals surface area contributed by atoms with Gasteiger partial charge in [0.05, 0.1) is 37.4 Å². The Morgan fingerprint density at radius 1 is 0.932 bits per heavy atom. The van der Waals surface area contributed by atoms with E-state index >= 15 is 0 Å². The smallest absolute Gasteiger partial charge is 0.378 e. The zero-order chi connectivity index (χ0) is 31.6. The first-order valence-electron chi connectivity index (χ1n) is 14.5. The lowest BCUT2D eigenvalue weighted by Crippen LogP contribution is -2.56. The van der Waals surface area contributed by atoms with Crippen LogP contribution in [-0.2, 0) is 23.5 Å². The van der Waals surface area contributed by atoms with Gasteiger partial charge in [0.1, 0.15) is 0 Å². The Kier molecular flexibility index (Phi) is 9.30. The molecule has 1 aromatic heterocycles. The van der Waals surface area contributed by atoms with Crippen molar-refractivity contribution in [1.29, 1.82) is 0 Å². The summed E-state index contributed by atoms with van der Waals surface area (Å²) in [7, 11) is 0. The third-order valence-electron chi connectivity index (χ3n) is 8.33. The maximum atomic E-state index is 13.7. The number of morpholine rings is 1. The van der Waals surface area contributed by atoms with Crippen LogP contribution in [0.4, 0.5) is 26.3 Å². The van der Waals surface area contributed by atoms with E-state index in [-0.39, 0.29) is 24.7 Å². The molecule has 3 atom stereocenters. The molecule has 236 valence electrons. The van der Waals surface area contributed by atoms with Crippen LogP contribution in [0.1, 0.15) is 40.9 Å². The SMILES string of the molecule is C[C@H]1COC[C@H](C)N1CC#CCN1CCN(C(=O)c2cc(C(F)(F)F)cc(C(F)(F)F)c2)[C@H](Cc2c[nH]c3ccccc23)C1. The Labute approximate surface area is 251 Å². The Bertz CT molecular complexity index is 1500. The number of rotatable bonds is 5. The van der Waals surface area contributed by atoms with Crippen LogP contribution in [0.25, 0.3) is 10.9 Å². The van der Waals surface area contributed by atoms with Gasteiger partial charge in [0.25, 0.3) is 5.91 Å². The summed E-state index contributed by atoms with van der Waals surface area (Å²) < 4.78 is 86.9. The number of aromatic nitrogens is 1. The fourth-order valence-corrected chi connectivity index (χ4v) is 5.97. The summed E-state index contributed by atoms with van der Waals surface area (Å²) >= 11 is 0. The van der Waals surface area contributed by atoms with Crippen molar-refractivity contribution in [2.24, 2.45) is 0 Å². The van der Waals surface area contributed by atoms with Crippen molar-refractivity contribution in [3.8, 4) is 11.8 Å². The highest BCUT2D eigenvalue weighted by atomic mass is 19.4. The average molecular weight is 621 g/mol. The van der Waals surface area contributed by atoms with E-state index in [1.165, 1.54) is 4.90 Å². The van der Waals surface area contributed by atoms with Gasteiger partial charge in [-0.15, -0.1) is 0 Å². The monoisotopic (exact) mass is 620 g/mol. The molecule has 0 spiro atoms. The number of benzene rings is 2. The van der Waals surface area contributed by atoms with Crippen molar-refractivity contribution in [3.63, 3.8) is 0 Å². The van der Waals surface area contributed by atoms with E-state index in [2.05, 4.69) is 40.5 Å². The van der Waals surface area contributed by atoms with E-state index < -0.39 is 41.0 Å². The van der Waals surface area contributed by atoms with Crippen molar-refractivity contribution < 1.29 is 35.9 Å². The molecule has 12 heteroatoms. The quantitative estimate of drug-likeness (QED) is 0.295. The van der Waals surface area contributed by atoms with Crippen LogP contribution in [-0.4, -0.2) is 89.7 Å². The summed E-state index contributed by atoms with van der Waals surface area (Å²) in [5.74, 6) is 5.57. The molecule has 2 saturated heterocycles. The summed E-state index contributed by atoms with van der Waals surface area (Å²) in [6.07, 6.45) is -7.92. The Hall–Kier alpha value is -3.53. The number of amides is 1. The van der Waals surface area contributed by atoms with Crippen molar-refractivity contribution >= 4 is 16.8 Å². The van der Waals surface area contributed by atoms with Crippen LogP contribution in [0.5, 0.6) is 0 Å². The molecule has 2 aliphatic heterocycles. The Balaban J connectivity index is 1.39. The van der Waals surface area contributed by atoms with Gasteiger partial charge in [-0.05, 0) is 50.1 Å². The summed E-state index contributed by atoms with van der Waals surface area (Å²) in [4.78, 5) is 22.6. The molecule has 2 fully saturated rings. The van der Waals surface area contributed by atoms with Gasteiger partial charge in [0, 0.05) is 60.4 Å². The predicted octanol–water partition coefficient (Wildman–Crippen LogP) is 5.69. The summed E-state index contributed by atoms with van der Waals surface area (Å²) in [5, 5.41) is 0.934. The molecule has 2 aromatic carbocycles. The minimum atomic E-state index is -5.05. The maximum Gasteiger partial charge on any atom is 0.416 e. The van der Waals surface area contributed by atoms with Gasteiger partial charge in [-0.25, -0.2) is 0 Å². The highest BCUT2D eigenvalue weighted by Gasteiger charge is 2.39. The molecule has 3 heterocycles. The summed E-state index contributed by atoms with van der Waals surface area (Å²) in [6, 6.07) is 8.62. The van der Waals surface area contributed by atoms with Gasteiger partial charge in [0.15, 0.2) is 0 Å². The topological polar surface area (TPSA) is 51.8 Å². The van der Waals surface area contributed by atoms with Gasteiger partial charge < -0.3 is 14.6 Å². The molecule has 3 aromatic rings. The average Bonchev–Trinajstić information content (AvgIpc) is 3.38. The molecule has 5 rings (SSSR count). The van der Waals surface area contributed by atoms with Gasteiger partial charge in [-0.1, -0.05) is 30.0 Å². The van der Waals surface area contributed by atoms with Crippen LogP contribution in [0.3, 0.4) is 0 Å². The molecule has 44 heavy (non-hydrogen) atoms. The number of piperazine rings is 1. The first kappa shape index (κ1) is 31.9. The van der Waals surface area contributed by atoms with Crippen molar-refractivity contribution in [2.75, 3.05) is 45.9 Å². The normalized spacial score (nSPS) is 22.2. The number of para-hydroxylation sites is 1. The van der Waals surface area contributed by atoms with E-state index in [9.17, 15) is 31.1 Å². The minimum Gasteiger partial charge on any atom is -0.378 e. The lowest BCUT2D eigenvalue weighted by molar-refractivity contribution is -0.143. The fraction of sp³-hybridized carbons (Fsp3) is 0.469. The Morgan fingerprint density at radius 3 is 2.23 bits per heavy atom. The molecule has 0 radical (unpaired) electrons. The molecule has 1 amide bonds. The molecule has 0 unspecified atom stereocenters. The second kappa shape index (κ2) is 12.8. The number of nitrogens with one attached hydrogen (secondary N) is 1. The number of ether oxygens (including phenoxy) is 1. The predicted molar refractivity (Wildman–Crippen MR) is 154 cm³/mol. The number of nitrogens with zero attached hydrogens (tertiary/aromatic N) is 3. The van der Waals surface area contributed by atoms with Gasteiger partial charge in [0.2, 0.25) is 0 Å². The standard InChI is InChI=1S/C32H34F6N4O2/c1-21-19-44-20-22(2)41(21)10-6-5-9-40-11-12-42(27(18-40)15-24-17-39-29-8-4-3-7-28(24)29)30(43)23-13-25(31(33,34)35)16-26(14-23)32(36,37)38/h3-4,7-8,13-14,16-17,21-22,27,39H,9-12,15,18-20H2,1-2H3/t21-,22-,27+/m0/s1. The summed E-state index contributed by atoms with van der Waals surface area (Å²) in [6.45, 7) is 7.33. The van der Waals surface area contributed by atoms with Crippen molar-refractivity contribution in [1.82, 2.24) is 19.7 Å². The largest absolute Gasteiger partial charge is 0.416 e. The van der Waals surface area contributed by atoms with E-state index in [1.807, 2.05) is 30.5 Å². The first-order chi connectivity index (χ1) is 20.8. The molecule has 0 bridgehead atoms. The lowest BCUT2D eigenvalue weighted by atomic mass is 9.98. The number of halogens is 6. The minimum absolute atomic E-state index is 0.0369. The maximum absolute atomic E-state index is 13.7. The highest BCUT2D eigenvalue weighted by Crippen LogP contribution is 2.37. The molecule has 0 aliphatic carbocycles. The van der Waals surface area contributed by atoms with Gasteiger partial charge in [-0.2, -0.15) is 26.3 Å². The van der Waals surface area contributed by atoms with Crippen LogP contribution >= 0.6 is 0 Å². The second-order valence-electron chi connectivity index (χ2n) is 11.5. The lowest BCUT2D eigenvalue weighted by Gasteiger charge is -2.41.